The van der Waals surface area contributed by atoms with Crippen LogP contribution in [0.5, 0.6) is 0 Å². The maximum absolute atomic E-state index is 13.3. The molecule has 0 saturated heterocycles. The molecule has 1 aromatic rings. The van der Waals surface area contributed by atoms with E-state index in [1.807, 2.05) is 6.92 Å². The molecule has 0 N–H and O–H groups in total. The Hall–Kier alpha value is -0.970. The van der Waals surface area contributed by atoms with E-state index in [1.54, 1.807) is 11.9 Å². The molecule has 0 aromatic heterocycles. The Bertz CT molecular complexity index is 380. The fourth-order valence-corrected chi connectivity index (χ4v) is 1.17. The highest BCUT2D eigenvalue weighted by atomic mass is 79.9. The Morgan fingerprint density at radius 1 is 1.40 bits per heavy atom. The van der Waals surface area contributed by atoms with Gasteiger partial charge >= 0.3 is 0 Å². The van der Waals surface area contributed by atoms with E-state index in [1.165, 1.54) is 6.34 Å². The first kappa shape index (κ1) is 12.1. The van der Waals surface area contributed by atoms with Crippen LogP contribution in [0.25, 0.3) is 0 Å². The smallest absolute Gasteiger partial charge is 0.150 e. The van der Waals surface area contributed by atoms with Crippen LogP contribution in [0.3, 0.4) is 0 Å². The second-order valence-electron chi connectivity index (χ2n) is 3.04. The Labute approximate surface area is 95.7 Å². The largest absolute Gasteiger partial charge is 0.366 e. The van der Waals surface area contributed by atoms with E-state index >= 15 is 0 Å². The van der Waals surface area contributed by atoms with E-state index in [-0.39, 0.29) is 10.2 Å². The Kier molecular flexibility index (Phi) is 4.20. The fourth-order valence-electron chi connectivity index (χ4n) is 0.853. The third kappa shape index (κ3) is 3.27. The summed E-state index contributed by atoms with van der Waals surface area (Å²) in [7, 11) is 1.80. The van der Waals surface area contributed by atoms with Crippen molar-refractivity contribution in [2.75, 3.05) is 13.6 Å². The summed E-state index contributed by atoms with van der Waals surface area (Å²) in [6, 6.07) is 2.12. The molecular weight excluding hydrogens is 266 g/mol. The molecule has 1 aromatic carbocycles. The minimum atomic E-state index is -0.552. The Morgan fingerprint density at radius 2 is 2.07 bits per heavy atom. The van der Waals surface area contributed by atoms with E-state index in [0.29, 0.717) is 0 Å². The molecule has 5 heteroatoms. The molecule has 0 spiro atoms. The maximum atomic E-state index is 13.3. The van der Waals surface area contributed by atoms with Gasteiger partial charge in [-0.25, -0.2) is 13.8 Å². The lowest BCUT2D eigenvalue weighted by Gasteiger charge is -2.08. The molecule has 0 unspecified atom stereocenters. The molecule has 0 aliphatic heterocycles. The molecule has 0 amide bonds. The van der Waals surface area contributed by atoms with Crippen LogP contribution in [0, 0.1) is 11.6 Å². The Morgan fingerprint density at radius 3 is 2.67 bits per heavy atom. The SMILES string of the molecule is CCN(C)C=Nc1cc(F)c(Br)cc1F. The van der Waals surface area contributed by atoms with Gasteiger partial charge in [-0.15, -0.1) is 0 Å². The van der Waals surface area contributed by atoms with Gasteiger partial charge in [0, 0.05) is 19.7 Å². The summed E-state index contributed by atoms with van der Waals surface area (Å²) in [5.74, 6) is -1.08. The number of hydrogen-bond donors (Lipinski definition) is 0. The molecule has 0 radical (unpaired) electrons. The first-order valence-corrected chi connectivity index (χ1v) is 5.23. The normalized spacial score (nSPS) is 11.0. The summed E-state index contributed by atoms with van der Waals surface area (Å²) in [4.78, 5) is 5.61. The number of nitrogens with zero attached hydrogens (tertiary/aromatic N) is 2. The molecule has 0 heterocycles. The van der Waals surface area contributed by atoms with Crippen molar-refractivity contribution in [1.82, 2.24) is 4.90 Å². The van der Waals surface area contributed by atoms with Crippen molar-refractivity contribution in [3.63, 3.8) is 0 Å². The lowest BCUT2D eigenvalue weighted by atomic mass is 10.3. The molecule has 0 bridgehead atoms. The van der Waals surface area contributed by atoms with Crippen LogP contribution in [-0.4, -0.2) is 24.8 Å². The van der Waals surface area contributed by atoms with Crippen molar-refractivity contribution in [2.45, 2.75) is 6.92 Å². The minimum Gasteiger partial charge on any atom is -0.366 e. The average molecular weight is 277 g/mol. The summed E-state index contributed by atoms with van der Waals surface area (Å²) in [6.45, 7) is 2.69. The van der Waals surface area contributed by atoms with Crippen LogP contribution in [-0.2, 0) is 0 Å². The van der Waals surface area contributed by atoms with Gasteiger partial charge in [-0.1, -0.05) is 0 Å². The third-order valence-corrected chi connectivity index (χ3v) is 2.49. The van der Waals surface area contributed by atoms with Gasteiger partial charge in [0.1, 0.15) is 17.3 Å². The molecule has 0 saturated carbocycles. The summed E-state index contributed by atoms with van der Waals surface area (Å²) in [5.41, 5.74) is -0.00370. The topological polar surface area (TPSA) is 15.6 Å². The molecular formula is C10H11BrF2N2. The number of benzene rings is 1. The number of hydrogen-bond acceptors (Lipinski definition) is 1. The van der Waals surface area contributed by atoms with Crippen LogP contribution in [0.2, 0.25) is 0 Å². The predicted octanol–water partition coefficient (Wildman–Crippen LogP) is 3.34. The Balaban J connectivity index is 2.95. The van der Waals surface area contributed by atoms with Crippen LogP contribution >= 0.6 is 15.9 Å². The van der Waals surface area contributed by atoms with E-state index in [2.05, 4.69) is 20.9 Å². The van der Waals surface area contributed by atoms with Crippen LogP contribution in [0.15, 0.2) is 21.6 Å². The number of aliphatic imine (C=N–C) groups is 1. The standard InChI is InChI=1S/C10H11BrF2N2/c1-3-15(2)6-14-10-5-8(12)7(11)4-9(10)13/h4-6H,3H2,1-2H3. The van der Waals surface area contributed by atoms with Gasteiger partial charge in [-0.2, -0.15) is 0 Å². The number of rotatable bonds is 3. The van der Waals surface area contributed by atoms with Gasteiger partial charge < -0.3 is 4.90 Å². The quantitative estimate of drug-likeness (QED) is 0.470. The third-order valence-electron chi connectivity index (χ3n) is 1.88. The highest BCUT2D eigenvalue weighted by Gasteiger charge is 2.06. The lowest BCUT2D eigenvalue weighted by molar-refractivity contribution is 0.550. The van der Waals surface area contributed by atoms with Crippen molar-refractivity contribution in [2.24, 2.45) is 4.99 Å². The van der Waals surface area contributed by atoms with E-state index < -0.39 is 11.6 Å². The van der Waals surface area contributed by atoms with Crippen LogP contribution < -0.4 is 0 Å². The highest BCUT2D eigenvalue weighted by Crippen LogP contribution is 2.25. The first-order chi connectivity index (χ1) is 7.04. The highest BCUT2D eigenvalue weighted by molar-refractivity contribution is 9.10. The van der Waals surface area contributed by atoms with Gasteiger partial charge in [0.25, 0.3) is 0 Å². The lowest BCUT2D eigenvalue weighted by Crippen LogP contribution is -2.14. The van der Waals surface area contributed by atoms with E-state index in [9.17, 15) is 8.78 Å². The van der Waals surface area contributed by atoms with Crippen molar-refractivity contribution in [3.8, 4) is 0 Å². The molecule has 0 aliphatic rings. The van der Waals surface area contributed by atoms with Crippen LogP contribution in [0.4, 0.5) is 14.5 Å². The monoisotopic (exact) mass is 276 g/mol. The van der Waals surface area contributed by atoms with E-state index in [4.69, 9.17) is 0 Å². The molecule has 0 atom stereocenters. The van der Waals surface area contributed by atoms with Crippen molar-refractivity contribution in [1.29, 1.82) is 0 Å². The zero-order valence-corrected chi connectivity index (χ0v) is 10.1. The van der Waals surface area contributed by atoms with Gasteiger partial charge in [0.2, 0.25) is 0 Å². The van der Waals surface area contributed by atoms with E-state index in [0.717, 1.165) is 18.7 Å². The zero-order chi connectivity index (χ0) is 11.4. The second-order valence-corrected chi connectivity index (χ2v) is 3.89. The number of halogens is 3. The second kappa shape index (κ2) is 5.21. The molecule has 82 valence electrons. The molecule has 15 heavy (non-hydrogen) atoms. The summed E-state index contributed by atoms with van der Waals surface area (Å²) in [5, 5.41) is 0. The first-order valence-electron chi connectivity index (χ1n) is 4.43. The maximum Gasteiger partial charge on any atom is 0.150 e. The predicted molar refractivity (Wildman–Crippen MR) is 60.5 cm³/mol. The van der Waals surface area contributed by atoms with Gasteiger partial charge in [-0.3, -0.25) is 0 Å². The van der Waals surface area contributed by atoms with Crippen molar-refractivity contribution >= 4 is 28.0 Å². The summed E-state index contributed by atoms with van der Waals surface area (Å²) >= 11 is 2.90. The van der Waals surface area contributed by atoms with Crippen molar-refractivity contribution < 1.29 is 8.78 Å². The van der Waals surface area contributed by atoms with Gasteiger partial charge in [0.15, 0.2) is 0 Å². The summed E-state index contributed by atoms with van der Waals surface area (Å²) < 4.78 is 26.4. The van der Waals surface area contributed by atoms with Crippen LogP contribution in [0.1, 0.15) is 6.92 Å². The van der Waals surface area contributed by atoms with Crippen molar-refractivity contribution in [3.05, 3.63) is 28.2 Å². The van der Waals surface area contributed by atoms with Gasteiger partial charge in [0.05, 0.1) is 10.8 Å². The molecule has 1 rings (SSSR count). The molecule has 2 nitrogen and oxygen atoms in total. The average Bonchev–Trinajstić information content (AvgIpc) is 2.21. The molecule has 0 fully saturated rings. The summed E-state index contributed by atoms with van der Waals surface area (Å²) in [6.07, 6.45) is 1.46. The van der Waals surface area contributed by atoms with Gasteiger partial charge in [-0.05, 0) is 28.9 Å². The molecule has 0 aliphatic carbocycles. The fraction of sp³-hybridized carbons (Fsp3) is 0.300. The minimum absolute atomic E-state index is 0.00370. The zero-order valence-electron chi connectivity index (χ0n) is 8.47.